The van der Waals surface area contributed by atoms with Crippen molar-refractivity contribution in [2.45, 2.75) is 26.3 Å². The van der Waals surface area contributed by atoms with Gasteiger partial charge in [-0.2, -0.15) is 0 Å². The highest BCUT2D eigenvalue weighted by molar-refractivity contribution is 7.90. The summed E-state index contributed by atoms with van der Waals surface area (Å²) in [6.45, 7) is 6.10. The van der Waals surface area contributed by atoms with Crippen LogP contribution in [0.3, 0.4) is 0 Å². The second kappa shape index (κ2) is 7.20. The van der Waals surface area contributed by atoms with Crippen molar-refractivity contribution in [1.29, 1.82) is 0 Å². The standard InChI is InChI=1S/C9H21NO3S/c1-4-13-8-9(2)10-6-5-7-14(3,11)12/h9-10H,4-8H2,1-3H3. The van der Waals surface area contributed by atoms with Crippen LogP contribution in [0.2, 0.25) is 0 Å². The average molecular weight is 223 g/mol. The zero-order valence-corrected chi connectivity index (χ0v) is 10.1. The molecule has 0 aliphatic heterocycles. The number of sulfone groups is 1. The zero-order chi connectivity index (χ0) is 11.0. The normalized spacial score (nSPS) is 14.2. The lowest BCUT2D eigenvalue weighted by molar-refractivity contribution is 0.127. The molecule has 0 spiro atoms. The molecule has 1 atom stereocenters. The van der Waals surface area contributed by atoms with Crippen molar-refractivity contribution in [3.63, 3.8) is 0 Å². The van der Waals surface area contributed by atoms with Crippen LogP contribution < -0.4 is 5.32 Å². The molecule has 1 unspecified atom stereocenters. The number of hydrogen-bond donors (Lipinski definition) is 1. The fraction of sp³-hybridized carbons (Fsp3) is 1.00. The molecule has 0 aromatic carbocycles. The third-order valence-corrected chi connectivity index (χ3v) is 2.79. The molecule has 0 rings (SSSR count). The molecule has 0 radical (unpaired) electrons. The Balaban J connectivity index is 3.36. The van der Waals surface area contributed by atoms with Crippen LogP contribution in [0, 0.1) is 0 Å². The minimum atomic E-state index is -2.81. The van der Waals surface area contributed by atoms with E-state index in [9.17, 15) is 8.42 Å². The van der Waals surface area contributed by atoms with E-state index in [0.29, 0.717) is 13.0 Å². The Bertz CT molecular complexity index is 226. The van der Waals surface area contributed by atoms with Crippen LogP contribution in [0.25, 0.3) is 0 Å². The molecule has 0 saturated carbocycles. The highest BCUT2D eigenvalue weighted by atomic mass is 32.2. The summed E-state index contributed by atoms with van der Waals surface area (Å²) in [5.74, 6) is 0.251. The van der Waals surface area contributed by atoms with Gasteiger partial charge < -0.3 is 10.1 Å². The molecular weight excluding hydrogens is 202 g/mol. The van der Waals surface area contributed by atoms with Gasteiger partial charge in [-0.3, -0.25) is 0 Å². The minimum Gasteiger partial charge on any atom is -0.380 e. The number of ether oxygens (including phenoxy) is 1. The third kappa shape index (κ3) is 9.95. The monoisotopic (exact) mass is 223 g/mol. The van der Waals surface area contributed by atoms with E-state index in [1.807, 2.05) is 13.8 Å². The van der Waals surface area contributed by atoms with Gasteiger partial charge in [0.05, 0.1) is 12.4 Å². The minimum absolute atomic E-state index is 0.251. The average Bonchev–Trinajstić information content (AvgIpc) is 2.07. The molecule has 0 heterocycles. The van der Waals surface area contributed by atoms with E-state index in [0.717, 1.165) is 13.2 Å². The summed E-state index contributed by atoms with van der Waals surface area (Å²) in [5, 5.41) is 3.20. The van der Waals surface area contributed by atoms with Crippen molar-refractivity contribution in [2.24, 2.45) is 0 Å². The first-order valence-corrected chi connectivity index (χ1v) is 7.00. The molecule has 0 aliphatic rings. The van der Waals surface area contributed by atoms with Crippen LogP contribution in [0.15, 0.2) is 0 Å². The fourth-order valence-corrected chi connectivity index (χ4v) is 1.71. The summed E-state index contributed by atoms with van der Waals surface area (Å²) in [6, 6.07) is 0.287. The molecule has 4 nitrogen and oxygen atoms in total. The van der Waals surface area contributed by atoms with Crippen LogP contribution in [0.4, 0.5) is 0 Å². The SMILES string of the molecule is CCOCC(C)NCCCS(C)(=O)=O. The van der Waals surface area contributed by atoms with Crippen molar-refractivity contribution in [1.82, 2.24) is 5.32 Å². The highest BCUT2D eigenvalue weighted by Crippen LogP contribution is 1.89. The molecule has 0 saturated heterocycles. The predicted molar refractivity (Wildman–Crippen MR) is 58.3 cm³/mol. The first-order valence-electron chi connectivity index (χ1n) is 4.94. The van der Waals surface area contributed by atoms with E-state index in [1.165, 1.54) is 6.26 Å². The first kappa shape index (κ1) is 13.9. The first-order chi connectivity index (χ1) is 6.45. The maximum Gasteiger partial charge on any atom is 0.147 e. The van der Waals surface area contributed by atoms with E-state index in [2.05, 4.69) is 5.32 Å². The molecule has 0 aromatic heterocycles. The third-order valence-electron chi connectivity index (χ3n) is 1.76. The van der Waals surface area contributed by atoms with Crippen molar-refractivity contribution in [2.75, 3.05) is 31.8 Å². The van der Waals surface area contributed by atoms with E-state index in [-0.39, 0.29) is 11.8 Å². The Kier molecular flexibility index (Phi) is 7.13. The van der Waals surface area contributed by atoms with E-state index in [4.69, 9.17) is 4.74 Å². The highest BCUT2D eigenvalue weighted by Gasteiger charge is 2.03. The number of nitrogens with one attached hydrogen (secondary N) is 1. The summed E-state index contributed by atoms with van der Waals surface area (Å²) in [5.41, 5.74) is 0. The summed E-state index contributed by atoms with van der Waals surface area (Å²) in [4.78, 5) is 0. The van der Waals surface area contributed by atoms with Crippen LogP contribution in [0.5, 0.6) is 0 Å². The Morgan fingerprint density at radius 2 is 2.07 bits per heavy atom. The lowest BCUT2D eigenvalue weighted by Crippen LogP contribution is -2.32. The molecule has 1 N–H and O–H groups in total. The Morgan fingerprint density at radius 3 is 2.57 bits per heavy atom. The van der Waals surface area contributed by atoms with Gasteiger partial charge in [0.2, 0.25) is 0 Å². The molecule has 14 heavy (non-hydrogen) atoms. The molecule has 0 fully saturated rings. The Morgan fingerprint density at radius 1 is 1.43 bits per heavy atom. The van der Waals surface area contributed by atoms with Gasteiger partial charge in [0.15, 0.2) is 0 Å². The van der Waals surface area contributed by atoms with Gasteiger partial charge in [-0.25, -0.2) is 8.42 Å². The van der Waals surface area contributed by atoms with Crippen molar-refractivity contribution in [3.8, 4) is 0 Å². The lowest BCUT2D eigenvalue weighted by atomic mass is 10.3. The zero-order valence-electron chi connectivity index (χ0n) is 9.25. The molecule has 0 aliphatic carbocycles. The maximum atomic E-state index is 10.8. The molecule has 5 heteroatoms. The predicted octanol–water partition coefficient (Wildman–Crippen LogP) is 0.436. The van der Waals surface area contributed by atoms with Gasteiger partial charge in [0.25, 0.3) is 0 Å². The van der Waals surface area contributed by atoms with Crippen LogP contribution >= 0.6 is 0 Å². The number of hydrogen-bond acceptors (Lipinski definition) is 4. The van der Waals surface area contributed by atoms with E-state index in [1.54, 1.807) is 0 Å². The van der Waals surface area contributed by atoms with E-state index >= 15 is 0 Å². The molecule has 0 amide bonds. The van der Waals surface area contributed by atoms with E-state index < -0.39 is 9.84 Å². The Hall–Kier alpha value is -0.130. The summed E-state index contributed by atoms with van der Waals surface area (Å²) >= 11 is 0. The van der Waals surface area contributed by atoms with Gasteiger partial charge in [0, 0.05) is 18.9 Å². The van der Waals surface area contributed by atoms with Crippen LogP contribution in [0.1, 0.15) is 20.3 Å². The topological polar surface area (TPSA) is 55.4 Å². The molecular formula is C9H21NO3S. The van der Waals surface area contributed by atoms with Gasteiger partial charge in [-0.1, -0.05) is 0 Å². The molecule has 0 bridgehead atoms. The second-order valence-electron chi connectivity index (χ2n) is 3.50. The second-order valence-corrected chi connectivity index (χ2v) is 5.76. The summed E-state index contributed by atoms with van der Waals surface area (Å²) < 4.78 is 26.8. The van der Waals surface area contributed by atoms with Gasteiger partial charge >= 0.3 is 0 Å². The van der Waals surface area contributed by atoms with Crippen molar-refractivity contribution < 1.29 is 13.2 Å². The van der Waals surface area contributed by atoms with Crippen LogP contribution in [-0.2, 0) is 14.6 Å². The maximum absolute atomic E-state index is 10.8. The van der Waals surface area contributed by atoms with Crippen molar-refractivity contribution >= 4 is 9.84 Å². The smallest absolute Gasteiger partial charge is 0.147 e. The molecule has 0 aromatic rings. The number of rotatable bonds is 8. The fourth-order valence-electron chi connectivity index (χ4n) is 1.04. The van der Waals surface area contributed by atoms with Gasteiger partial charge in [-0.05, 0) is 26.8 Å². The lowest BCUT2D eigenvalue weighted by Gasteiger charge is -2.12. The summed E-state index contributed by atoms with van der Waals surface area (Å²) in [6.07, 6.45) is 1.92. The Labute approximate surface area is 86.9 Å². The van der Waals surface area contributed by atoms with Gasteiger partial charge in [-0.15, -0.1) is 0 Å². The quantitative estimate of drug-likeness (QED) is 0.607. The summed E-state index contributed by atoms with van der Waals surface area (Å²) in [7, 11) is -2.81. The molecule has 86 valence electrons. The van der Waals surface area contributed by atoms with Gasteiger partial charge in [0.1, 0.15) is 9.84 Å². The largest absolute Gasteiger partial charge is 0.380 e. The van der Waals surface area contributed by atoms with Crippen molar-refractivity contribution in [3.05, 3.63) is 0 Å². The van der Waals surface area contributed by atoms with Crippen LogP contribution in [-0.4, -0.2) is 46.2 Å².